The fourth-order valence-electron chi connectivity index (χ4n) is 2.23. The van der Waals surface area contributed by atoms with Gasteiger partial charge in [-0.15, -0.1) is 23.1 Å². The minimum absolute atomic E-state index is 0.529. The number of thiazole rings is 1. The summed E-state index contributed by atoms with van der Waals surface area (Å²) >= 11 is 3.13. The van der Waals surface area contributed by atoms with E-state index in [1.165, 1.54) is 0 Å². The van der Waals surface area contributed by atoms with Crippen LogP contribution in [0.2, 0.25) is 0 Å². The molecule has 1 atom stereocenters. The molecule has 0 amide bonds. The van der Waals surface area contributed by atoms with E-state index < -0.39 is 10.7 Å². The third-order valence-electron chi connectivity index (χ3n) is 3.10. The molecule has 90 valence electrons. The molecule has 17 heavy (non-hydrogen) atoms. The maximum atomic E-state index is 11.4. The number of nitrogens with zero attached hydrogens (tertiary/aromatic N) is 2. The Bertz CT molecular complexity index is 526. The SMILES string of the molecule is O=C(O)C1(Cc2cn3ccsc3n2)CCCS1. The fraction of sp³-hybridized carbons (Fsp3) is 0.455. The lowest BCUT2D eigenvalue weighted by Gasteiger charge is -2.21. The molecule has 0 radical (unpaired) electrons. The summed E-state index contributed by atoms with van der Waals surface area (Å²) in [5.74, 6) is 0.241. The van der Waals surface area contributed by atoms with Crippen molar-refractivity contribution in [3.05, 3.63) is 23.5 Å². The largest absolute Gasteiger partial charge is 0.480 e. The van der Waals surface area contributed by atoms with E-state index in [-0.39, 0.29) is 0 Å². The smallest absolute Gasteiger partial charge is 0.320 e. The molecule has 0 aromatic carbocycles. The van der Waals surface area contributed by atoms with Crippen LogP contribution in [0.25, 0.3) is 4.96 Å². The van der Waals surface area contributed by atoms with Gasteiger partial charge in [0, 0.05) is 24.2 Å². The van der Waals surface area contributed by atoms with Gasteiger partial charge in [-0.3, -0.25) is 9.20 Å². The average molecular weight is 268 g/mol. The number of carbonyl (C=O) groups is 1. The van der Waals surface area contributed by atoms with Crippen LogP contribution in [0.5, 0.6) is 0 Å². The predicted octanol–water partition coefficient (Wildman–Crippen LogP) is 2.29. The molecule has 1 aliphatic heterocycles. The van der Waals surface area contributed by atoms with E-state index in [2.05, 4.69) is 4.98 Å². The number of hydrogen-bond acceptors (Lipinski definition) is 4. The topological polar surface area (TPSA) is 54.6 Å². The molecular weight excluding hydrogens is 256 g/mol. The maximum absolute atomic E-state index is 11.4. The van der Waals surface area contributed by atoms with Gasteiger partial charge in [0.25, 0.3) is 0 Å². The summed E-state index contributed by atoms with van der Waals surface area (Å²) in [6, 6.07) is 0. The van der Waals surface area contributed by atoms with Gasteiger partial charge in [0.05, 0.1) is 5.69 Å². The van der Waals surface area contributed by atoms with E-state index >= 15 is 0 Å². The first-order chi connectivity index (χ1) is 8.20. The zero-order valence-corrected chi connectivity index (χ0v) is 10.8. The summed E-state index contributed by atoms with van der Waals surface area (Å²) < 4.78 is 1.30. The molecule has 1 fully saturated rings. The fourth-order valence-corrected chi connectivity index (χ4v) is 4.30. The third-order valence-corrected chi connectivity index (χ3v) is 5.44. The molecule has 3 heterocycles. The van der Waals surface area contributed by atoms with E-state index in [0.29, 0.717) is 6.42 Å². The zero-order chi connectivity index (χ0) is 11.9. The summed E-state index contributed by atoms with van der Waals surface area (Å²) in [6.07, 6.45) is 6.15. The summed E-state index contributed by atoms with van der Waals surface area (Å²) in [4.78, 5) is 16.8. The van der Waals surface area contributed by atoms with Crippen molar-refractivity contribution >= 4 is 34.0 Å². The Morgan fingerprint density at radius 1 is 1.65 bits per heavy atom. The molecule has 1 aliphatic rings. The molecule has 0 spiro atoms. The van der Waals surface area contributed by atoms with Gasteiger partial charge in [-0.2, -0.15) is 0 Å². The molecule has 3 rings (SSSR count). The first-order valence-electron chi connectivity index (χ1n) is 5.48. The number of imidazole rings is 1. The van der Waals surface area contributed by atoms with E-state index in [9.17, 15) is 9.90 Å². The molecule has 2 aromatic rings. The van der Waals surface area contributed by atoms with Gasteiger partial charge in [0.15, 0.2) is 4.96 Å². The van der Waals surface area contributed by atoms with Crippen LogP contribution in [0, 0.1) is 0 Å². The molecular formula is C11H12N2O2S2. The van der Waals surface area contributed by atoms with Gasteiger partial charge >= 0.3 is 5.97 Å². The molecule has 0 saturated carbocycles. The van der Waals surface area contributed by atoms with Crippen LogP contribution in [-0.2, 0) is 11.2 Å². The van der Waals surface area contributed by atoms with Gasteiger partial charge in [-0.25, -0.2) is 4.98 Å². The Morgan fingerprint density at radius 3 is 3.18 bits per heavy atom. The van der Waals surface area contributed by atoms with Gasteiger partial charge < -0.3 is 5.11 Å². The molecule has 1 unspecified atom stereocenters. The van der Waals surface area contributed by atoms with Gasteiger partial charge in [0.1, 0.15) is 4.75 Å². The highest BCUT2D eigenvalue weighted by Gasteiger charge is 2.42. The van der Waals surface area contributed by atoms with Crippen molar-refractivity contribution in [3.63, 3.8) is 0 Å². The van der Waals surface area contributed by atoms with Crippen LogP contribution in [0.1, 0.15) is 18.5 Å². The Balaban J connectivity index is 1.90. The number of fused-ring (bicyclic) bond motifs is 1. The lowest BCUT2D eigenvalue weighted by molar-refractivity contribution is -0.139. The Kier molecular flexibility index (Phi) is 2.63. The van der Waals surface area contributed by atoms with Crippen molar-refractivity contribution in [2.24, 2.45) is 0 Å². The number of thioether (sulfide) groups is 1. The Morgan fingerprint density at radius 2 is 2.53 bits per heavy atom. The normalized spacial score (nSPS) is 24.5. The quantitative estimate of drug-likeness (QED) is 0.928. The van der Waals surface area contributed by atoms with E-state index in [1.54, 1.807) is 23.1 Å². The molecule has 4 nitrogen and oxygen atoms in total. The summed E-state index contributed by atoms with van der Waals surface area (Å²) in [5, 5.41) is 11.4. The van der Waals surface area contributed by atoms with Crippen molar-refractivity contribution in [3.8, 4) is 0 Å². The lowest BCUT2D eigenvalue weighted by Crippen LogP contribution is -2.34. The van der Waals surface area contributed by atoms with Gasteiger partial charge in [-0.05, 0) is 18.6 Å². The van der Waals surface area contributed by atoms with Gasteiger partial charge in [-0.1, -0.05) is 0 Å². The second-order valence-corrected chi connectivity index (χ2v) is 6.60. The Hall–Kier alpha value is -1.01. The van der Waals surface area contributed by atoms with Crippen molar-refractivity contribution in [2.75, 3.05) is 5.75 Å². The molecule has 1 saturated heterocycles. The van der Waals surface area contributed by atoms with Crippen molar-refractivity contribution in [1.29, 1.82) is 0 Å². The number of carboxylic acid groups (broad SMARTS) is 1. The molecule has 6 heteroatoms. The van der Waals surface area contributed by atoms with Gasteiger partial charge in [0.2, 0.25) is 0 Å². The first kappa shape index (κ1) is 11.1. The standard InChI is InChI=1S/C11H12N2O2S2/c14-9(15)11(2-1-4-17-11)6-8-7-13-3-5-16-10(13)12-8/h3,5,7H,1-2,4,6H2,(H,14,15). The van der Waals surface area contributed by atoms with Crippen LogP contribution in [0.15, 0.2) is 17.8 Å². The van der Waals surface area contributed by atoms with Crippen LogP contribution in [0.4, 0.5) is 0 Å². The van der Waals surface area contributed by atoms with E-state index in [4.69, 9.17) is 0 Å². The molecule has 1 N–H and O–H groups in total. The van der Waals surface area contributed by atoms with Crippen LogP contribution in [-0.4, -0.2) is 31.0 Å². The van der Waals surface area contributed by atoms with Crippen molar-refractivity contribution in [1.82, 2.24) is 9.38 Å². The first-order valence-corrected chi connectivity index (χ1v) is 7.35. The van der Waals surface area contributed by atoms with Crippen molar-refractivity contribution in [2.45, 2.75) is 24.0 Å². The number of carboxylic acids is 1. The summed E-state index contributed by atoms with van der Waals surface area (Å²) in [6.45, 7) is 0. The van der Waals surface area contributed by atoms with E-state index in [1.807, 2.05) is 22.2 Å². The van der Waals surface area contributed by atoms with Crippen molar-refractivity contribution < 1.29 is 9.90 Å². The predicted molar refractivity (Wildman–Crippen MR) is 68.8 cm³/mol. The maximum Gasteiger partial charge on any atom is 0.320 e. The summed E-state index contributed by atoms with van der Waals surface area (Å²) in [7, 11) is 0. The zero-order valence-electron chi connectivity index (χ0n) is 9.13. The minimum atomic E-state index is -0.698. The number of hydrogen-bond donors (Lipinski definition) is 1. The number of rotatable bonds is 3. The minimum Gasteiger partial charge on any atom is -0.480 e. The van der Waals surface area contributed by atoms with Crippen LogP contribution in [0.3, 0.4) is 0 Å². The highest BCUT2D eigenvalue weighted by molar-refractivity contribution is 8.01. The number of aliphatic carboxylic acids is 1. The highest BCUT2D eigenvalue weighted by atomic mass is 32.2. The third kappa shape index (κ3) is 1.85. The lowest BCUT2D eigenvalue weighted by atomic mass is 9.98. The molecule has 0 bridgehead atoms. The summed E-state index contributed by atoms with van der Waals surface area (Å²) in [5.41, 5.74) is 0.883. The Labute approximate surface area is 107 Å². The monoisotopic (exact) mass is 268 g/mol. The second-order valence-electron chi connectivity index (χ2n) is 4.25. The van der Waals surface area contributed by atoms with E-state index in [0.717, 1.165) is 29.2 Å². The number of aromatic nitrogens is 2. The second kappa shape index (κ2) is 4.03. The molecule has 2 aromatic heterocycles. The van der Waals surface area contributed by atoms with Crippen LogP contribution >= 0.6 is 23.1 Å². The average Bonchev–Trinajstić information content (AvgIpc) is 2.92. The van der Waals surface area contributed by atoms with Crippen LogP contribution < -0.4 is 0 Å². The highest BCUT2D eigenvalue weighted by Crippen LogP contribution is 2.41. The molecule has 0 aliphatic carbocycles.